The summed E-state index contributed by atoms with van der Waals surface area (Å²) >= 11 is 3.58. The highest BCUT2D eigenvalue weighted by molar-refractivity contribution is 9.09. The van der Waals surface area contributed by atoms with Crippen LogP contribution in [0.2, 0.25) is 16.6 Å². The minimum Gasteiger partial charge on any atom is -0.543 e. The molecule has 2 rings (SSSR count). The molecule has 0 fully saturated rings. The molecule has 0 radical (unpaired) electrons. The third kappa shape index (κ3) is 4.77. The summed E-state index contributed by atoms with van der Waals surface area (Å²) in [5.74, 6) is 0.984. The Morgan fingerprint density at radius 2 is 1.29 bits per heavy atom. The maximum absolute atomic E-state index is 12.8. The van der Waals surface area contributed by atoms with Crippen molar-refractivity contribution in [3.63, 3.8) is 0 Å². The Balaban J connectivity index is 2.22. The highest BCUT2D eigenvalue weighted by atomic mass is 79.9. The maximum atomic E-state index is 12.8. The Kier molecular flexibility index (Phi) is 7.69. The first-order valence-corrected chi connectivity index (χ1v) is 13.2. The molecule has 0 saturated carbocycles. The molecular formula is C24H33BrO2Si. The van der Waals surface area contributed by atoms with E-state index in [4.69, 9.17) is 4.43 Å². The first-order chi connectivity index (χ1) is 13.1. The highest BCUT2D eigenvalue weighted by Crippen LogP contribution is 2.43. The van der Waals surface area contributed by atoms with E-state index in [0.717, 1.165) is 22.4 Å². The molecule has 0 aliphatic heterocycles. The van der Waals surface area contributed by atoms with Gasteiger partial charge in [-0.1, -0.05) is 99.4 Å². The van der Waals surface area contributed by atoms with E-state index in [-0.39, 0.29) is 10.6 Å². The molecule has 4 heteroatoms. The molecule has 2 nitrogen and oxygen atoms in total. The van der Waals surface area contributed by atoms with E-state index in [2.05, 4.69) is 57.5 Å². The van der Waals surface area contributed by atoms with Crippen LogP contribution in [0.5, 0.6) is 5.75 Å². The van der Waals surface area contributed by atoms with Crippen LogP contribution in [0.1, 0.15) is 67.9 Å². The molecule has 0 aliphatic rings. The van der Waals surface area contributed by atoms with Gasteiger partial charge in [-0.2, -0.15) is 0 Å². The number of alkyl halides is 1. The molecule has 0 spiro atoms. The van der Waals surface area contributed by atoms with Gasteiger partial charge in [0.15, 0.2) is 5.78 Å². The molecule has 0 saturated heterocycles. The van der Waals surface area contributed by atoms with Crippen molar-refractivity contribution in [3.8, 4) is 5.75 Å². The molecule has 1 unspecified atom stereocenters. The zero-order chi connectivity index (χ0) is 21.1. The van der Waals surface area contributed by atoms with Crippen LogP contribution in [0, 0.1) is 6.92 Å². The summed E-state index contributed by atoms with van der Waals surface area (Å²) in [6.07, 6.45) is 0. The predicted molar refractivity (Wildman–Crippen MR) is 125 cm³/mol. The van der Waals surface area contributed by atoms with E-state index in [9.17, 15) is 4.79 Å². The second-order valence-corrected chi connectivity index (χ2v) is 14.9. The lowest BCUT2D eigenvalue weighted by molar-refractivity contribution is 0.0991. The van der Waals surface area contributed by atoms with Crippen molar-refractivity contribution < 1.29 is 9.22 Å². The largest absolute Gasteiger partial charge is 0.543 e. The van der Waals surface area contributed by atoms with Gasteiger partial charge in [-0.05, 0) is 41.2 Å². The number of benzene rings is 2. The number of rotatable bonds is 8. The number of hydrogen-bond donors (Lipinski definition) is 0. The molecule has 2 aromatic rings. The zero-order valence-corrected chi connectivity index (χ0v) is 20.7. The minimum atomic E-state index is -1.97. The zero-order valence-electron chi connectivity index (χ0n) is 18.1. The van der Waals surface area contributed by atoms with Crippen molar-refractivity contribution in [1.29, 1.82) is 0 Å². The van der Waals surface area contributed by atoms with Gasteiger partial charge in [0, 0.05) is 5.56 Å². The number of Topliss-reactive ketones (excluding diaryl/α,β-unsaturated/α-hetero) is 1. The molecule has 0 N–H and O–H groups in total. The Morgan fingerprint density at radius 1 is 0.821 bits per heavy atom. The number of ketones is 1. The van der Waals surface area contributed by atoms with Gasteiger partial charge in [0.05, 0.1) is 0 Å². The monoisotopic (exact) mass is 460 g/mol. The smallest absolute Gasteiger partial charge is 0.258 e. The fourth-order valence-electron chi connectivity index (χ4n) is 4.28. The summed E-state index contributed by atoms with van der Waals surface area (Å²) < 4.78 is 6.72. The van der Waals surface area contributed by atoms with Crippen molar-refractivity contribution in [2.45, 2.75) is 69.9 Å². The van der Waals surface area contributed by atoms with E-state index in [0.29, 0.717) is 16.6 Å². The van der Waals surface area contributed by atoms with E-state index in [1.165, 1.54) is 0 Å². The van der Waals surface area contributed by atoms with Crippen molar-refractivity contribution in [3.05, 3.63) is 65.2 Å². The molecule has 28 heavy (non-hydrogen) atoms. The van der Waals surface area contributed by atoms with Gasteiger partial charge in [0.25, 0.3) is 8.32 Å². The van der Waals surface area contributed by atoms with Crippen molar-refractivity contribution >= 4 is 30.0 Å². The van der Waals surface area contributed by atoms with E-state index < -0.39 is 8.32 Å². The number of hydrogen-bond acceptors (Lipinski definition) is 2. The summed E-state index contributed by atoms with van der Waals surface area (Å²) in [4.78, 5) is 12.4. The van der Waals surface area contributed by atoms with Crippen LogP contribution in [0.25, 0.3) is 0 Å². The summed E-state index contributed by atoms with van der Waals surface area (Å²) in [7, 11) is -1.97. The summed E-state index contributed by atoms with van der Waals surface area (Å²) in [6.45, 7) is 15.7. The molecule has 152 valence electrons. The van der Waals surface area contributed by atoms with Crippen LogP contribution in [-0.4, -0.2) is 14.1 Å². The van der Waals surface area contributed by atoms with Gasteiger partial charge in [-0.3, -0.25) is 4.79 Å². The fourth-order valence-corrected chi connectivity index (χ4v) is 10.1. The molecule has 0 aromatic heterocycles. The highest BCUT2D eigenvalue weighted by Gasteiger charge is 2.46. The lowest BCUT2D eigenvalue weighted by Gasteiger charge is -2.42. The summed E-state index contributed by atoms with van der Waals surface area (Å²) in [5, 5.41) is 0. The van der Waals surface area contributed by atoms with E-state index in [1.807, 2.05) is 55.5 Å². The van der Waals surface area contributed by atoms with Crippen molar-refractivity contribution in [2.24, 2.45) is 0 Å². The Morgan fingerprint density at radius 3 is 1.71 bits per heavy atom. The van der Waals surface area contributed by atoms with E-state index >= 15 is 0 Å². The SMILES string of the molecule is Cc1ccc(C(=O)C(Br)c2ccc(O[Si](C(C)C)(C(C)C)C(C)C)cc2)cc1. The fraction of sp³-hybridized carbons (Fsp3) is 0.458. The first-order valence-electron chi connectivity index (χ1n) is 10.1. The second kappa shape index (κ2) is 9.40. The lowest BCUT2D eigenvalue weighted by Crippen LogP contribution is -2.50. The van der Waals surface area contributed by atoms with Crippen LogP contribution in [0.3, 0.4) is 0 Å². The van der Waals surface area contributed by atoms with Gasteiger partial charge < -0.3 is 4.43 Å². The van der Waals surface area contributed by atoms with Crippen molar-refractivity contribution in [2.75, 3.05) is 0 Å². The predicted octanol–water partition coefficient (Wildman–Crippen LogP) is 7.87. The van der Waals surface area contributed by atoms with Crippen LogP contribution >= 0.6 is 15.9 Å². The molecule has 1 atom stereocenters. The number of carbonyl (C=O) groups is 1. The Hall–Kier alpha value is -1.39. The van der Waals surface area contributed by atoms with Gasteiger partial charge in [0.1, 0.15) is 10.6 Å². The topological polar surface area (TPSA) is 26.3 Å². The van der Waals surface area contributed by atoms with Crippen LogP contribution in [0.15, 0.2) is 48.5 Å². The lowest BCUT2D eigenvalue weighted by atomic mass is 10.0. The first kappa shape index (κ1) is 22.9. The summed E-state index contributed by atoms with van der Waals surface area (Å²) in [6, 6.07) is 15.7. The van der Waals surface area contributed by atoms with Gasteiger partial charge >= 0.3 is 0 Å². The Bertz CT molecular complexity index is 757. The standard InChI is InChI=1S/C24H33BrO2Si/c1-16(2)28(17(3)4,18(5)6)27-22-14-12-20(13-15-22)23(25)24(26)21-10-8-19(7)9-11-21/h8-18,23H,1-7H3. The van der Waals surface area contributed by atoms with Crippen molar-refractivity contribution in [1.82, 2.24) is 0 Å². The number of halogens is 1. The minimum absolute atomic E-state index is 0.0731. The average Bonchev–Trinajstić information content (AvgIpc) is 2.65. The third-order valence-corrected chi connectivity index (χ3v) is 12.7. The molecule has 0 aliphatic carbocycles. The van der Waals surface area contributed by atoms with Gasteiger partial charge in [-0.25, -0.2) is 0 Å². The number of carbonyl (C=O) groups excluding carboxylic acids is 1. The quantitative estimate of drug-likeness (QED) is 0.227. The number of aryl methyl sites for hydroxylation is 1. The molecular weight excluding hydrogens is 428 g/mol. The molecule has 0 bridgehead atoms. The molecule has 2 aromatic carbocycles. The summed E-state index contributed by atoms with van der Waals surface area (Å²) in [5.41, 5.74) is 4.40. The maximum Gasteiger partial charge on any atom is 0.258 e. The second-order valence-electron chi connectivity index (χ2n) is 8.58. The van der Waals surface area contributed by atoms with Crippen LogP contribution in [-0.2, 0) is 0 Å². The molecule has 0 amide bonds. The normalized spacial score (nSPS) is 13.2. The van der Waals surface area contributed by atoms with Crippen LogP contribution < -0.4 is 4.43 Å². The average molecular weight is 462 g/mol. The molecule has 0 heterocycles. The third-order valence-electron chi connectivity index (χ3n) is 5.74. The van der Waals surface area contributed by atoms with Gasteiger partial charge in [-0.15, -0.1) is 0 Å². The Labute approximate surface area is 180 Å². The van der Waals surface area contributed by atoms with Crippen LogP contribution in [0.4, 0.5) is 0 Å². The van der Waals surface area contributed by atoms with E-state index in [1.54, 1.807) is 0 Å². The van der Waals surface area contributed by atoms with Gasteiger partial charge in [0.2, 0.25) is 0 Å².